The van der Waals surface area contributed by atoms with Gasteiger partial charge in [0.1, 0.15) is 0 Å². The molecular weight excluding hydrogens is 199 g/mol. The molecule has 0 saturated carbocycles. The van der Waals surface area contributed by atoms with Gasteiger partial charge in [-0.2, -0.15) is 0 Å². The normalized spacial score (nSPS) is 12.9. The van der Waals surface area contributed by atoms with Crippen LogP contribution < -0.4 is 0 Å². The molecule has 0 aliphatic rings. The fourth-order valence-electron chi connectivity index (χ4n) is 0.345. The summed E-state index contributed by atoms with van der Waals surface area (Å²) < 4.78 is 0. The van der Waals surface area contributed by atoms with E-state index in [4.69, 9.17) is 0 Å². The van der Waals surface area contributed by atoms with E-state index < -0.39 is 0 Å². The summed E-state index contributed by atoms with van der Waals surface area (Å²) in [6, 6.07) is 0. The van der Waals surface area contributed by atoms with E-state index in [0.29, 0.717) is 15.0 Å². The zero-order chi connectivity index (χ0) is 8.69. The Labute approximate surface area is 75.5 Å². The molecule has 60 valence electrons. The van der Waals surface area contributed by atoms with Gasteiger partial charge in [0.05, 0.1) is 0 Å². The van der Waals surface area contributed by atoms with E-state index in [9.17, 15) is 0 Å². The van der Waals surface area contributed by atoms with Gasteiger partial charge in [0.2, 0.25) is 0 Å². The Morgan fingerprint density at radius 3 is 1.64 bits per heavy atom. The average Bonchev–Trinajstić information content (AvgIpc) is 2.04. The minimum atomic E-state index is 0.455. The molecular formula is C10H14Se. The first-order chi connectivity index (χ1) is 5.20. The summed E-state index contributed by atoms with van der Waals surface area (Å²) in [5.41, 5.74) is 2.50. The summed E-state index contributed by atoms with van der Waals surface area (Å²) in [6.07, 6.45) is 3.75. The molecule has 1 heteroatoms. The molecule has 0 aromatic rings. The van der Waals surface area contributed by atoms with Crippen molar-refractivity contribution in [3.63, 3.8) is 0 Å². The fourth-order valence-corrected chi connectivity index (χ4v) is 1.79. The van der Waals surface area contributed by atoms with Gasteiger partial charge in [-0.25, -0.2) is 0 Å². The molecule has 0 aliphatic heterocycles. The quantitative estimate of drug-likeness (QED) is 0.497. The Hall–Kier alpha value is -0.521. The van der Waals surface area contributed by atoms with Crippen LogP contribution in [-0.4, -0.2) is 15.0 Å². The van der Waals surface area contributed by atoms with Gasteiger partial charge in [0.15, 0.2) is 0 Å². The number of allylic oxidation sites excluding steroid dienone is 4. The van der Waals surface area contributed by atoms with E-state index in [1.54, 1.807) is 0 Å². The van der Waals surface area contributed by atoms with Gasteiger partial charge in [-0.1, -0.05) is 0 Å². The maximum absolute atomic E-state index is 3.68. The molecule has 0 amide bonds. The predicted octanol–water partition coefficient (Wildman–Crippen LogP) is 2.87. The maximum atomic E-state index is 3.68. The van der Waals surface area contributed by atoms with Gasteiger partial charge in [-0.15, -0.1) is 0 Å². The summed E-state index contributed by atoms with van der Waals surface area (Å²) in [6.45, 7) is 11.5. The van der Waals surface area contributed by atoms with Crippen molar-refractivity contribution in [2.45, 2.75) is 13.8 Å². The molecule has 0 rings (SSSR count). The molecule has 0 radical (unpaired) electrons. The van der Waals surface area contributed by atoms with Crippen molar-refractivity contribution in [3.8, 4) is 0 Å². The van der Waals surface area contributed by atoms with Gasteiger partial charge in [-0.3, -0.25) is 0 Å². The molecule has 0 N–H and O–H groups in total. The molecule has 0 nitrogen and oxygen atoms in total. The second-order valence-electron chi connectivity index (χ2n) is 2.27. The van der Waals surface area contributed by atoms with E-state index in [-0.39, 0.29) is 0 Å². The van der Waals surface area contributed by atoms with Gasteiger partial charge in [0.25, 0.3) is 0 Å². The Bertz CT molecular complexity index is 175. The van der Waals surface area contributed by atoms with Gasteiger partial charge in [-0.05, 0) is 0 Å². The summed E-state index contributed by atoms with van der Waals surface area (Å²) in [5.74, 6) is 0. The van der Waals surface area contributed by atoms with Crippen molar-refractivity contribution >= 4 is 15.0 Å². The molecule has 0 spiro atoms. The first-order valence-electron chi connectivity index (χ1n) is 3.44. The molecule has 0 aliphatic carbocycles. The third-order valence-electron chi connectivity index (χ3n) is 1.15. The average molecular weight is 213 g/mol. The summed E-state index contributed by atoms with van der Waals surface area (Å²) in [4.78, 5) is 4.40. The van der Waals surface area contributed by atoms with Crippen molar-refractivity contribution in [3.05, 3.63) is 46.4 Å². The standard InChI is InChI=1S/C10H14Se/c1-5-9(3)7-11-8-10(4)6-2/h5-8H,1-2H2,3-4H3/b9-7-,10-8+. The summed E-state index contributed by atoms with van der Waals surface area (Å²) >= 11 is 0.455. The molecule has 0 saturated heterocycles. The second kappa shape index (κ2) is 6.21. The SMILES string of the molecule is C=C/C(C)=C\[Se]/C=C(\C)C=C. The number of hydrogen-bond donors (Lipinski definition) is 0. The minimum absolute atomic E-state index is 0.455. The molecule has 0 bridgehead atoms. The van der Waals surface area contributed by atoms with Crippen LogP contribution in [0.4, 0.5) is 0 Å². The van der Waals surface area contributed by atoms with Crippen molar-refractivity contribution in [1.82, 2.24) is 0 Å². The Balaban J connectivity index is 3.89. The van der Waals surface area contributed by atoms with E-state index >= 15 is 0 Å². The van der Waals surface area contributed by atoms with E-state index in [1.165, 1.54) is 11.1 Å². The Morgan fingerprint density at radius 1 is 1.00 bits per heavy atom. The van der Waals surface area contributed by atoms with Crippen LogP contribution in [0.1, 0.15) is 13.8 Å². The fraction of sp³-hybridized carbons (Fsp3) is 0.200. The topological polar surface area (TPSA) is 0 Å². The van der Waals surface area contributed by atoms with Crippen LogP contribution in [0.3, 0.4) is 0 Å². The summed E-state index contributed by atoms with van der Waals surface area (Å²) in [7, 11) is 0. The van der Waals surface area contributed by atoms with Crippen molar-refractivity contribution in [2.24, 2.45) is 0 Å². The third-order valence-corrected chi connectivity index (χ3v) is 3.28. The van der Waals surface area contributed by atoms with Crippen molar-refractivity contribution < 1.29 is 0 Å². The van der Waals surface area contributed by atoms with Gasteiger partial charge >= 0.3 is 75.2 Å². The number of hydrogen-bond acceptors (Lipinski definition) is 0. The first-order valence-corrected chi connectivity index (χ1v) is 5.42. The Kier molecular flexibility index (Phi) is 5.91. The van der Waals surface area contributed by atoms with E-state index in [2.05, 4.69) is 37.0 Å². The molecule has 0 aromatic carbocycles. The molecule has 0 heterocycles. The van der Waals surface area contributed by atoms with Crippen molar-refractivity contribution in [2.75, 3.05) is 0 Å². The molecule has 0 aromatic heterocycles. The van der Waals surface area contributed by atoms with Crippen LogP contribution in [0.25, 0.3) is 0 Å². The van der Waals surface area contributed by atoms with Crippen LogP contribution in [0.15, 0.2) is 46.4 Å². The first kappa shape index (κ1) is 10.5. The van der Waals surface area contributed by atoms with E-state index in [1.807, 2.05) is 12.2 Å². The second-order valence-corrected chi connectivity index (χ2v) is 3.83. The molecule has 0 fully saturated rings. The molecule has 0 unspecified atom stereocenters. The summed E-state index contributed by atoms with van der Waals surface area (Å²) in [5, 5.41) is 0. The zero-order valence-electron chi connectivity index (χ0n) is 7.13. The monoisotopic (exact) mass is 214 g/mol. The zero-order valence-corrected chi connectivity index (χ0v) is 8.84. The van der Waals surface area contributed by atoms with E-state index in [0.717, 1.165) is 0 Å². The van der Waals surface area contributed by atoms with Crippen LogP contribution >= 0.6 is 0 Å². The van der Waals surface area contributed by atoms with Crippen molar-refractivity contribution in [1.29, 1.82) is 0 Å². The molecule has 0 atom stereocenters. The van der Waals surface area contributed by atoms with Gasteiger partial charge in [0, 0.05) is 0 Å². The van der Waals surface area contributed by atoms with Crippen LogP contribution in [0.2, 0.25) is 0 Å². The van der Waals surface area contributed by atoms with Crippen LogP contribution in [0.5, 0.6) is 0 Å². The Morgan fingerprint density at radius 2 is 1.36 bits per heavy atom. The van der Waals surface area contributed by atoms with Gasteiger partial charge < -0.3 is 0 Å². The third kappa shape index (κ3) is 5.90. The number of rotatable bonds is 4. The van der Waals surface area contributed by atoms with Crippen LogP contribution in [-0.2, 0) is 0 Å². The predicted molar refractivity (Wildman–Crippen MR) is 53.7 cm³/mol. The molecule has 11 heavy (non-hydrogen) atoms. The van der Waals surface area contributed by atoms with Crippen LogP contribution in [0, 0.1) is 0 Å².